The molecule has 2 aliphatic heterocycles. The molecule has 9 nitrogen and oxygen atoms in total. The van der Waals surface area contributed by atoms with Crippen molar-refractivity contribution in [3.8, 4) is 5.00 Å². The second kappa shape index (κ2) is 12.8. The number of aromatic nitrogens is 3. The van der Waals surface area contributed by atoms with Gasteiger partial charge in [0.25, 0.3) is 0 Å². The zero-order chi connectivity index (χ0) is 32.8. The Morgan fingerprint density at radius 3 is 2.68 bits per heavy atom. The van der Waals surface area contributed by atoms with E-state index in [4.69, 9.17) is 21.0 Å². The molecule has 7 rings (SSSR count). The molecule has 1 N–H and O–H groups in total. The number of hydrogen-bond donors (Lipinski definition) is 1. The lowest BCUT2D eigenvalue weighted by Gasteiger charge is -2.20. The van der Waals surface area contributed by atoms with Crippen molar-refractivity contribution >= 4 is 51.4 Å². The number of furan rings is 1. The second-order valence-corrected chi connectivity index (χ2v) is 14.3. The number of piperidine rings is 1. The summed E-state index contributed by atoms with van der Waals surface area (Å²) in [6.45, 7) is 8.10. The van der Waals surface area contributed by atoms with Crippen LogP contribution in [-0.2, 0) is 16.0 Å². The molecule has 0 aliphatic carbocycles. The van der Waals surface area contributed by atoms with Crippen LogP contribution < -0.4 is 5.32 Å². The summed E-state index contributed by atoms with van der Waals surface area (Å²) < 4.78 is 7.97. The lowest BCUT2D eigenvalue weighted by Crippen LogP contribution is -2.39. The smallest absolute Gasteiger partial charge is 0.234 e. The molecule has 47 heavy (non-hydrogen) atoms. The molecule has 1 fully saturated rings. The topological polar surface area (TPSA) is 106 Å². The van der Waals surface area contributed by atoms with E-state index in [1.807, 2.05) is 25.1 Å². The van der Waals surface area contributed by atoms with E-state index in [-0.39, 0.29) is 23.8 Å². The maximum absolute atomic E-state index is 12.5. The van der Waals surface area contributed by atoms with Crippen LogP contribution in [-0.4, -0.2) is 57.3 Å². The van der Waals surface area contributed by atoms with Gasteiger partial charge in [0.05, 0.1) is 17.9 Å². The molecule has 2 amide bonds. The van der Waals surface area contributed by atoms with E-state index in [1.54, 1.807) is 17.6 Å². The summed E-state index contributed by atoms with van der Waals surface area (Å²) in [6.07, 6.45) is 5.19. The van der Waals surface area contributed by atoms with Gasteiger partial charge in [0, 0.05) is 44.9 Å². The molecule has 5 aromatic rings. The number of carbonyl (C=O) groups is 2. The molecule has 1 unspecified atom stereocenters. The monoisotopic (exact) mass is 668 g/mol. The molecule has 11 heteroatoms. The Balaban J connectivity index is 1.06. The minimum Gasteiger partial charge on any atom is -0.464 e. The third-order valence-electron chi connectivity index (χ3n) is 9.43. The van der Waals surface area contributed by atoms with Crippen molar-refractivity contribution in [1.82, 2.24) is 25.0 Å². The first-order chi connectivity index (χ1) is 22.7. The highest BCUT2D eigenvalue weighted by Gasteiger charge is 2.32. The Labute approximate surface area is 282 Å². The van der Waals surface area contributed by atoms with Gasteiger partial charge in [0.1, 0.15) is 22.5 Å². The van der Waals surface area contributed by atoms with Gasteiger partial charge < -0.3 is 9.32 Å². The number of aryl methyl sites for hydroxylation is 3. The van der Waals surface area contributed by atoms with Gasteiger partial charge in [-0.25, -0.2) is 0 Å². The van der Waals surface area contributed by atoms with E-state index in [0.717, 1.165) is 82.4 Å². The van der Waals surface area contributed by atoms with E-state index in [2.05, 4.69) is 70.1 Å². The number of nitrogens with one attached hydrogen (secondary N) is 1. The summed E-state index contributed by atoms with van der Waals surface area (Å²) >= 11 is 8.03. The van der Waals surface area contributed by atoms with Crippen LogP contribution in [0.2, 0.25) is 5.02 Å². The number of aliphatic imine (C=N–C) groups is 1. The zero-order valence-electron chi connectivity index (χ0n) is 27.0. The zero-order valence-corrected chi connectivity index (χ0v) is 28.5. The molecule has 0 saturated carbocycles. The predicted molar refractivity (Wildman–Crippen MR) is 185 cm³/mol. The van der Waals surface area contributed by atoms with Crippen molar-refractivity contribution in [2.24, 2.45) is 4.99 Å². The Morgan fingerprint density at radius 2 is 1.89 bits per heavy atom. The summed E-state index contributed by atoms with van der Waals surface area (Å²) in [7, 11) is 2.15. The summed E-state index contributed by atoms with van der Waals surface area (Å²) in [6, 6.07) is 14.0. The van der Waals surface area contributed by atoms with Gasteiger partial charge in [-0.15, -0.1) is 21.5 Å². The first-order valence-electron chi connectivity index (χ1n) is 16.1. The average Bonchev–Trinajstić information content (AvgIpc) is 3.70. The molecule has 0 radical (unpaired) electrons. The van der Waals surface area contributed by atoms with Crippen LogP contribution in [0.3, 0.4) is 0 Å². The average molecular weight is 669 g/mol. The highest BCUT2D eigenvalue weighted by Crippen LogP contribution is 2.40. The minimum absolute atomic E-state index is 0.155. The largest absolute Gasteiger partial charge is 0.464 e. The predicted octanol–water partition coefficient (Wildman–Crippen LogP) is 7.02. The van der Waals surface area contributed by atoms with Crippen LogP contribution in [0.1, 0.15) is 82.0 Å². The van der Waals surface area contributed by atoms with Crippen molar-refractivity contribution in [2.75, 3.05) is 20.1 Å². The highest BCUT2D eigenvalue weighted by atomic mass is 35.5. The maximum atomic E-state index is 12.5. The van der Waals surface area contributed by atoms with Crippen LogP contribution in [0, 0.1) is 20.8 Å². The van der Waals surface area contributed by atoms with Crippen LogP contribution in [0.25, 0.3) is 16.0 Å². The number of nitrogens with zero attached hydrogens (tertiary/aromatic N) is 5. The number of thiophene rings is 1. The standard InChI is InChI=1S/C36H37ClN6O3S/c1-20-21(2)47-36-32(20)33(24-8-10-25(37)11-9-24)38-29(34-41-40-22(3)43(34)36)15-17-42(4)16-5-6-23-7-13-30-27(18-23)28(19-46-30)26-12-14-31(44)39-35(26)45/h7-11,13,18-19,26,29H,5-6,12,14-17H2,1-4H3,(H,39,44,45)/t26?,29-/m0/s1. The molecular formula is C36H37ClN6O3S. The fraction of sp³-hybridized carbons (Fsp3) is 0.361. The number of amides is 2. The Bertz CT molecular complexity index is 2020. The molecule has 2 aliphatic rings. The van der Waals surface area contributed by atoms with Crippen LogP contribution in [0.15, 0.2) is 58.1 Å². The molecular weight excluding hydrogens is 632 g/mol. The van der Waals surface area contributed by atoms with Gasteiger partial charge in [-0.05, 0) is 95.4 Å². The van der Waals surface area contributed by atoms with Crippen molar-refractivity contribution in [2.45, 2.75) is 64.8 Å². The number of benzene rings is 2. The van der Waals surface area contributed by atoms with Crippen molar-refractivity contribution in [3.63, 3.8) is 0 Å². The fourth-order valence-corrected chi connectivity index (χ4v) is 8.05. The lowest BCUT2D eigenvalue weighted by molar-refractivity contribution is -0.134. The number of imide groups is 1. The molecule has 1 saturated heterocycles. The first-order valence-corrected chi connectivity index (χ1v) is 17.3. The molecule has 0 spiro atoms. The van der Waals surface area contributed by atoms with Crippen LogP contribution >= 0.6 is 22.9 Å². The molecule has 0 bridgehead atoms. The number of carbonyl (C=O) groups excluding carboxylic acids is 2. The van der Waals surface area contributed by atoms with Gasteiger partial charge in [0.15, 0.2) is 5.82 Å². The Kier molecular flexibility index (Phi) is 8.59. The number of rotatable bonds is 9. The SMILES string of the molecule is Cc1sc2c(c1C)C(c1ccc(Cl)cc1)=N[C@@H](CCN(C)CCCc1ccc3occ(C4CCC(=O)NC4=O)c3c1)c1nnc(C)n1-2. The normalized spacial score (nSPS) is 17.9. The van der Waals surface area contributed by atoms with Crippen molar-refractivity contribution < 1.29 is 14.0 Å². The quantitative estimate of drug-likeness (QED) is 0.169. The summed E-state index contributed by atoms with van der Waals surface area (Å²) in [4.78, 5) is 33.2. The van der Waals surface area contributed by atoms with Crippen LogP contribution in [0.5, 0.6) is 0 Å². The number of hydrogen-bond acceptors (Lipinski definition) is 8. The fourth-order valence-electron chi connectivity index (χ4n) is 6.71. The third kappa shape index (κ3) is 6.06. The van der Waals surface area contributed by atoms with Gasteiger partial charge in [0.2, 0.25) is 11.8 Å². The summed E-state index contributed by atoms with van der Waals surface area (Å²) in [5.41, 5.74) is 7.20. The maximum Gasteiger partial charge on any atom is 0.234 e. The molecule has 3 aromatic heterocycles. The minimum atomic E-state index is -0.365. The molecule has 242 valence electrons. The van der Waals surface area contributed by atoms with Gasteiger partial charge in [-0.3, -0.25) is 24.5 Å². The van der Waals surface area contributed by atoms with E-state index in [1.165, 1.54) is 16.0 Å². The summed E-state index contributed by atoms with van der Waals surface area (Å²) in [5.74, 6) is 0.918. The molecule has 2 atom stereocenters. The van der Waals surface area contributed by atoms with Crippen molar-refractivity contribution in [1.29, 1.82) is 0 Å². The first kappa shape index (κ1) is 31.5. The molecule has 2 aromatic carbocycles. The van der Waals surface area contributed by atoms with E-state index >= 15 is 0 Å². The van der Waals surface area contributed by atoms with Crippen LogP contribution in [0.4, 0.5) is 0 Å². The Hall–Kier alpha value is -4.12. The number of fused-ring (bicyclic) bond motifs is 4. The Morgan fingerprint density at radius 1 is 1.09 bits per heavy atom. The number of halogens is 1. The summed E-state index contributed by atoms with van der Waals surface area (Å²) in [5, 5.41) is 14.4. The third-order valence-corrected chi connectivity index (χ3v) is 10.9. The van der Waals surface area contributed by atoms with E-state index in [9.17, 15) is 9.59 Å². The van der Waals surface area contributed by atoms with E-state index in [0.29, 0.717) is 17.9 Å². The van der Waals surface area contributed by atoms with E-state index < -0.39 is 0 Å². The highest BCUT2D eigenvalue weighted by molar-refractivity contribution is 7.15. The van der Waals surface area contributed by atoms with Crippen molar-refractivity contribution in [3.05, 3.63) is 98.1 Å². The van der Waals surface area contributed by atoms with Gasteiger partial charge in [-0.1, -0.05) is 29.8 Å². The van der Waals surface area contributed by atoms with Gasteiger partial charge >= 0.3 is 0 Å². The molecule has 5 heterocycles. The lowest BCUT2D eigenvalue weighted by atomic mass is 9.90. The second-order valence-electron chi connectivity index (χ2n) is 12.6. The van der Waals surface area contributed by atoms with Gasteiger partial charge in [-0.2, -0.15) is 0 Å².